The van der Waals surface area contributed by atoms with Crippen LogP contribution in [-0.2, 0) is 0 Å². The first-order valence-corrected chi connectivity index (χ1v) is 6.25. The normalized spacial score (nSPS) is 17.4. The molecule has 15 heavy (non-hydrogen) atoms. The van der Waals surface area contributed by atoms with Crippen LogP contribution in [0.3, 0.4) is 0 Å². The van der Waals surface area contributed by atoms with Gasteiger partial charge >= 0.3 is 0 Å². The fraction of sp³-hybridized carbons (Fsp3) is 0.600. The molecule has 0 amide bonds. The molecule has 0 unspecified atom stereocenters. The van der Waals surface area contributed by atoms with E-state index in [0.29, 0.717) is 17.9 Å². The predicted octanol–water partition coefficient (Wildman–Crippen LogP) is 1.79. The van der Waals surface area contributed by atoms with Crippen LogP contribution in [0.1, 0.15) is 12.8 Å². The molecule has 1 aromatic heterocycles. The Bertz CT molecular complexity index is 315. The molecule has 1 aromatic rings. The summed E-state index contributed by atoms with van der Waals surface area (Å²) < 4.78 is 5.05. The molecule has 0 radical (unpaired) electrons. The van der Waals surface area contributed by atoms with Gasteiger partial charge in [0.15, 0.2) is 0 Å². The number of nitrogens with one attached hydrogen (secondary N) is 1. The van der Waals surface area contributed by atoms with Crippen molar-refractivity contribution in [3.05, 3.63) is 12.3 Å². The minimum atomic E-state index is 0.512. The SMILES string of the molecule is COc1ccnc(NC2CCSCC2)n1. The van der Waals surface area contributed by atoms with Crippen LogP contribution in [0.15, 0.2) is 12.3 Å². The van der Waals surface area contributed by atoms with Crippen molar-refractivity contribution in [2.24, 2.45) is 0 Å². The Kier molecular flexibility index (Phi) is 3.66. The Morgan fingerprint density at radius 1 is 1.47 bits per heavy atom. The summed E-state index contributed by atoms with van der Waals surface area (Å²) in [5.74, 6) is 3.73. The summed E-state index contributed by atoms with van der Waals surface area (Å²) >= 11 is 2.01. The first-order valence-electron chi connectivity index (χ1n) is 5.10. The van der Waals surface area contributed by atoms with E-state index in [4.69, 9.17) is 4.74 Å². The van der Waals surface area contributed by atoms with E-state index in [2.05, 4.69) is 15.3 Å². The Morgan fingerprint density at radius 2 is 2.27 bits per heavy atom. The Hall–Kier alpha value is -0.970. The Balaban J connectivity index is 1.96. The number of hydrogen-bond donors (Lipinski definition) is 1. The third kappa shape index (κ3) is 2.99. The highest BCUT2D eigenvalue weighted by atomic mass is 32.2. The molecule has 1 aliphatic rings. The molecule has 1 aliphatic heterocycles. The predicted molar refractivity (Wildman–Crippen MR) is 62.6 cm³/mol. The van der Waals surface area contributed by atoms with Gasteiger partial charge in [0, 0.05) is 18.3 Å². The van der Waals surface area contributed by atoms with Gasteiger partial charge in [0.1, 0.15) is 0 Å². The molecule has 0 atom stereocenters. The maximum atomic E-state index is 5.05. The van der Waals surface area contributed by atoms with Crippen molar-refractivity contribution in [2.75, 3.05) is 23.9 Å². The van der Waals surface area contributed by atoms with Crippen LogP contribution in [0.5, 0.6) is 5.88 Å². The smallest absolute Gasteiger partial charge is 0.226 e. The quantitative estimate of drug-likeness (QED) is 0.850. The highest BCUT2D eigenvalue weighted by Crippen LogP contribution is 2.19. The third-order valence-corrected chi connectivity index (χ3v) is 3.44. The molecule has 1 saturated heterocycles. The zero-order valence-corrected chi connectivity index (χ0v) is 9.59. The summed E-state index contributed by atoms with van der Waals surface area (Å²) in [6, 6.07) is 2.26. The van der Waals surface area contributed by atoms with Crippen molar-refractivity contribution in [3.8, 4) is 5.88 Å². The average Bonchev–Trinajstić information content (AvgIpc) is 2.31. The zero-order valence-electron chi connectivity index (χ0n) is 8.77. The number of thioether (sulfide) groups is 1. The van der Waals surface area contributed by atoms with Gasteiger partial charge in [-0.05, 0) is 24.3 Å². The molecule has 2 heterocycles. The molecule has 1 fully saturated rings. The Morgan fingerprint density at radius 3 is 3.00 bits per heavy atom. The van der Waals surface area contributed by atoms with E-state index < -0.39 is 0 Å². The van der Waals surface area contributed by atoms with Crippen molar-refractivity contribution in [2.45, 2.75) is 18.9 Å². The number of hydrogen-bond acceptors (Lipinski definition) is 5. The van der Waals surface area contributed by atoms with Crippen molar-refractivity contribution >= 4 is 17.7 Å². The van der Waals surface area contributed by atoms with Crippen LogP contribution in [0.2, 0.25) is 0 Å². The number of methoxy groups -OCH3 is 1. The van der Waals surface area contributed by atoms with Crippen molar-refractivity contribution in [3.63, 3.8) is 0 Å². The number of ether oxygens (including phenoxy) is 1. The third-order valence-electron chi connectivity index (χ3n) is 2.39. The molecular formula is C10H15N3OS. The fourth-order valence-corrected chi connectivity index (χ4v) is 2.66. The number of aromatic nitrogens is 2. The highest BCUT2D eigenvalue weighted by molar-refractivity contribution is 7.99. The lowest BCUT2D eigenvalue weighted by Crippen LogP contribution is -2.25. The van der Waals surface area contributed by atoms with Gasteiger partial charge in [-0.3, -0.25) is 0 Å². The monoisotopic (exact) mass is 225 g/mol. The highest BCUT2D eigenvalue weighted by Gasteiger charge is 2.14. The standard InChI is InChI=1S/C10H15N3OS/c1-14-9-2-5-11-10(13-9)12-8-3-6-15-7-4-8/h2,5,8H,3-4,6-7H2,1H3,(H,11,12,13). The summed E-state index contributed by atoms with van der Waals surface area (Å²) in [6.07, 6.45) is 4.09. The summed E-state index contributed by atoms with van der Waals surface area (Å²) in [5.41, 5.74) is 0. The molecule has 2 rings (SSSR count). The number of nitrogens with zero attached hydrogens (tertiary/aromatic N) is 2. The van der Waals surface area contributed by atoms with E-state index >= 15 is 0 Å². The molecule has 0 bridgehead atoms. The fourth-order valence-electron chi connectivity index (χ4n) is 1.55. The molecule has 4 nitrogen and oxygen atoms in total. The maximum Gasteiger partial charge on any atom is 0.226 e. The second kappa shape index (κ2) is 5.21. The molecule has 5 heteroatoms. The summed E-state index contributed by atoms with van der Waals surface area (Å²) in [7, 11) is 1.61. The lowest BCUT2D eigenvalue weighted by molar-refractivity contribution is 0.397. The topological polar surface area (TPSA) is 47.0 Å². The minimum Gasteiger partial charge on any atom is -0.481 e. The first kappa shape index (κ1) is 10.5. The van der Waals surface area contributed by atoms with E-state index in [9.17, 15) is 0 Å². The first-order chi connectivity index (χ1) is 7.38. The minimum absolute atomic E-state index is 0.512. The van der Waals surface area contributed by atoms with Crippen molar-refractivity contribution < 1.29 is 4.74 Å². The van der Waals surface area contributed by atoms with E-state index in [1.54, 1.807) is 19.4 Å². The van der Waals surface area contributed by atoms with Crippen LogP contribution in [0, 0.1) is 0 Å². The molecule has 0 aliphatic carbocycles. The van der Waals surface area contributed by atoms with Gasteiger partial charge in [-0.1, -0.05) is 0 Å². The van der Waals surface area contributed by atoms with E-state index in [0.717, 1.165) is 0 Å². The van der Waals surface area contributed by atoms with Crippen LogP contribution in [0.4, 0.5) is 5.95 Å². The number of anilines is 1. The molecule has 1 N–H and O–H groups in total. The molecule has 82 valence electrons. The summed E-state index contributed by atoms with van der Waals surface area (Å²) in [5, 5.41) is 3.34. The van der Waals surface area contributed by atoms with Crippen LogP contribution < -0.4 is 10.1 Å². The zero-order chi connectivity index (χ0) is 10.5. The largest absolute Gasteiger partial charge is 0.481 e. The molecular weight excluding hydrogens is 210 g/mol. The van der Waals surface area contributed by atoms with Gasteiger partial charge in [0.25, 0.3) is 0 Å². The van der Waals surface area contributed by atoms with E-state index in [1.807, 2.05) is 11.8 Å². The lowest BCUT2D eigenvalue weighted by atomic mass is 10.2. The van der Waals surface area contributed by atoms with Gasteiger partial charge in [0.2, 0.25) is 11.8 Å². The van der Waals surface area contributed by atoms with Gasteiger partial charge in [-0.25, -0.2) is 4.98 Å². The summed E-state index contributed by atoms with van der Waals surface area (Å²) in [6.45, 7) is 0. The van der Waals surface area contributed by atoms with E-state index in [1.165, 1.54) is 24.3 Å². The van der Waals surface area contributed by atoms with Gasteiger partial charge in [-0.2, -0.15) is 16.7 Å². The maximum absolute atomic E-state index is 5.05. The van der Waals surface area contributed by atoms with Crippen LogP contribution in [-0.4, -0.2) is 34.6 Å². The van der Waals surface area contributed by atoms with Crippen LogP contribution >= 0.6 is 11.8 Å². The molecule has 0 aromatic carbocycles. The molecule has 0 spiro atoms. The van der Waals surface area contributed by atoms with Gasteiger partial charge in [-0.15, -0.1) is 0 Å². The second-order valence-electron chi connectivity index (χ2n) is 3.45. The van der Waals surface area contributed by atoms with Crippen molar-refractivity contribution in [1.29, 1.82) is 0 Å². The van der Waals surface area contributed by atoms with Gasteiger partial charge in [0.05, 0.1) is 7.11 Å². The van der Waals surface area contributed by atoms with Gasteiger partial charge < -0.3 is 10.1 Å². The van der Waals surface area contributed by atoms with E-state index in [-0.39, 0.29) is 0 Å². The van der Waals surface area contributed by atoms with Crippen LogP contribution in [0.25, 0.3) is 0 Å². The molecule has 0 saturated carbocycles. The average molecular weight is 225 g/mol. The summed E-state index contributed by atoms with van der Waals surface area (Å²) in [4.78, 5) is 8.41. The van der Waals surface area contributed by atoms with Crippen molar-refractivity contribution in [1.82, 2.24) is 9.97 Å². The lowest BCUT2D eigenvalue weighted by Gasteiger charge is -2.22. The Labute approximate surface area is 93.8 Å². The number of rotatable bonds is 3. The second-order valence-corrected chi connectivity index (χ2v) is 4.68.